The van der Waals surface area contributed by atoms with E-state index in [-0.39, 0.29) is 24.2 Å². The summed E-state index contributed by atoms with van der Waals surface area (Å²) in [5.41, 5.74) is 2.06. The number of anilines is 1. The molecule has 228 valence electrons. The minimum atomic E-state index is -0.968. The molecule has 42 heavy (non-hydrogen) atoms. The van der Waals surface area contributed by atoms with Crippen LogP contribution in [0.4, 0.5) is 10.6 Å². The van der Waals surface area contributed by atoms with Crippen LogP contribution in [0.3, 0.4) is 0 Å². The Morgan fingerprint density at radius 3 is 2.26 bits per heavy atom. The number of esters is 1. The second kappa shape index (κ2) is 11.3. The molecular weight excluding hydrogens is 538 g/mol. The van der Waals surface area contributed by atoms with Crippen LogP contribution in [0, 0.1) is 12.8 Å². The minimum Gasteiger partial charge on any atom is -0.465 e. The van der Waals surface area contributed by atoms with Gasteiger partial charge in [-0.05, 0) is 72.6 Å². The molecule has 0 radical (unpaired) electrons. The van der Waals surface area contributed by atoms with Gasteiger partial charge < -0.3 is 33.5 Å². The summed E-state index contributed by atoms with van der Waals surface area (Å²) in [6, 6.07) is 5.79. The maximum atomic E-state index is 12.8. The van der Waals surface area contributed by atoms with E-state index < -0.39 is 17.4 Å². The van der Waals surface area contributed by atoms with Gasteiger partial charge in [-0.15, -0.1) is 0 Å². The summed E-state index contributed by atoms with van der Waals surface area (Å²) < 4.78 is 29.8. The molecule has 0 spiro atoms. The third-order valence-electron chi connectivity index (χ3n) is 8.19. The van der Waals surface area contributed by atoms with Crippen molar-refractivity contribution in [2.45, 2.75) is 84.9 Å². The summed E-state index contributed by atoms with van der Waals surface area (Å²) >= 11 is 0. The number of carbonyl (C=O) groups excluding carboxylic acids is 2. The Balaban J connectivity index is 1.41. The number of hydrogen-bond acceptors (Lipinski definition) is 9. The van der Waals surface area contributed by atoms with Crippen molar-refractivity contribution in [3.8, 4) is 22.6 Å². The molecule has 4 heterocycles. The Morgan fingerprint density at radius 1 is 1.05 bits per heavy atom. The number of rotatable bonds is 4. The first-order valence-corrected chi connectivity index (χ1v) is 14.8. The van der Waals surface area contributed by atoms with Crippen molar-refractivity contribution in [1.82, 2.24) is 9.88 Å². The average Bonchev–Trinajstić information content (AvgIpc) is 3.31. The molecule has 0 N–H and O–H groups in total. The van der Waals surface area contributed by atoms with E-state index in [1.807, 2.05) is 52.9 Å². The summed E-state index contributed by atoms with van der Waals surface area (Å²) in [4.78, 5) is 34.2. The van der Waals surface area contributed by atoms with Gasteiger partial charge in [-0.25, -0.2) is 14.6 Å². The maximum absolute atomic E-state index is 12.8. The van der Waals surface area contributed by atoms with Gasteiger partial charge in [-0.2, -0.15) is 0 Å². The number of methoxy groups -OCH3 is 1. The Bertz CT molecular complexity index is 1320. The molecule has 10 heteroatoms. The van der Waals surface area contributed by atoms with Crippen LogP contribution in [-0.2, 0) is 14.2 Å². The number of nitrogens with zero attached hydrogens (tertiary/aromatic N) is 3. The number of carbonyl (C=O) groups is 2. The van der Waals surface area contributed by atoms with Gasteiger partial charge in [0, 0.05) is 61.9 Å². The smallest absolute Gasteiger partial charge is 0.410 e. The number of aromatic nitrogens is 1. The van der Waals surface area contributed by atoms with E-state index >= 15 is 0 Å². The van der Waals surface area contributed by atoms with E-state index in [2.05, 4.69) is 18.7 Å². The summed E-state index contributed by atoms with van der Waals surface area (Å²) in [5.74, 6) is 0.592. The fourth-order valence-corrected chi connectivity index (χ4v) is 6.10. The lowest BCUT2D eigenvalue weighted by molar-refractivity contribution is -0.124. The topological polar surface area (TPSA) is 99.7 Å². The van der Waals surface area contributed by atoms with Crippen molar-refractivity contribution in [2.75, 3.05) is 38.2 Å². The largest absolute Gasteiger partial charge is 0.465 e. The number of ether oxygens (including phenoxy) is 5. The van der Waals surface area contributed by atoms with Gasteiger partial charge in [-0.3, -0.25) is 0 Å². The van der Waals surface area contributed by atoms with Crippen molar-refractivity contribution in [3.05, 3.63) is 35.5 Å². The molecule has 3 atom stereocenters. The van der Waals surface area contributed by atoms with E-state index in [4.69, 9.17) is 28.7 Å². The molecule has 1 aromatic heterocycles. The number of fused-ring (bicyclic) bond motifs is 1. The fraction of sp³-hybridized carbons (Fsp3) is 0.594. The highest BCUT2D eigenvalue weighted by molar-refractivity contribution is 5.95. The molecule has 2 aromatic rings. The summed E-state index contributed by atoms with van der Waals surface area (Å²) in [6.45, 7) is 16.1. The highest BCUT2D eigenvalue weighted by Crippen LogP contribution is 2.52. The van der Waals surface area contributed by atoms with Crippen LogP contribution in [0.1, 0.15) is 70.3 Å². The quantitative estimate of drug-likeness (QED) is 0.428. The molecule has 3 aliphatic rings. The van der Waals surface area contributed by atoms with Crippen LogP contribution in [0.15, 0.2) is 24.4 Å². The average molecular weight is 582 g/mol. The van der Waals surface area contributed by atoms with Crippen molar-refractivity contribution in [3.63, 3.8) is 0 Å². The van der Waals surface area contributed by atoms with Gasteiger partial charge in [0.1, 0.15) is 11.4 Å². The van der Waals surface area contributed by atoms with Gasteiger partial charge in [-0.1, -0.05) is 0 Å². The number of amides is 1. The monoisotopic (exact) mass is 581 g/mol. The Kier molecular flexibility index (Phi) is 8.04. The number of pyridine rings is 1. The number of hydrogen-bond donors (Lipinski definition) is 0. The molecule has 3 aliphatic heterocycles. The van der Waals surface area contributed by atoms with Crippen molar-refractivity contribution in [1.29, 1.82) is 0 Å². The van der Waals surface area contributed by atoms with Crippen LogP contribution in [-0.4, -0.2) is 78.8 Å². The number of benzene rings is 1. The molecule has 10 nitrogen and oxygen atoms in total. The van der Waals surface area contributed by atoms with Crippen LogP contribution in [0.25, 0.3) is 11.1 Å². The minimum absolute atomic E-state index is 0.0169. The highest BCUT2D eigenvalue weighted by Gasteiger charge is 2.48. The SMILES string of the molecule is COC(=O)c1cc(-c2ccc(N3C[C@@H](C)O[C@@H](C)C3)nc2)c2c(c1C)OC(C)(C1CCN(C(=O)OC(C)(C)C)CC1)O2. The van der Waals surface area contributed by atoms with Gasteiger partial charge in [0.05, 0.1) is 24.9 Å². The summed E-state index contributed by atoms with van der Waals surface area (Å²) in [7, 11) is 1.37. The predicted octanol–water partition coefficient (Wildman–Crippen LogP) is 5.59. The molecule has 1 unspecified atom stereocenters. The van der Waals surface area contributed by atoms with Crippen LogP contribution in [0.5, 0.6) is 11.5 Å². The molecule has 2 fully saturated rings. The van der Waals surface area contributed by atoms with E-state index in [1.165, 1.54) is 7.11 Å². The molecule has 0 bridgehead atoms. The maximum Gasteiger partial charge on any atom is 0.410 e. The zero-order valence-corrected chi connectivity index (χ0v) is 26.0. The van der Waals surface area contributed by atoms with Gasteiger partial charge in [0.15, 0.2) is 11.5 Å². The second-order valence-corrected chi connectivity index (χ2v) is 12.8. The van der Waals surface area contributed by atoms with Crippen molar-refractivity contribution >= 4 is 17.9 Å². The Morgan fingerprint density at radius 2 is 1.69 bits per heavy atom. The summed E-state index contributed by atoms with van der Waals surface area (Å²) in [6.07, 6.45) is 3.13. The molecule has 5 rings (SSSR count). The lowest BCUT2D eigenvalue weighted by atomic mass is 9.89. The van der Waals surface area contributed by atoms with Crippen molar-refractivity contribution < 1.29 is 33.3 Å². The Labute approximate surface area is 248 Å². The summed E-state index contributed by atoms with van der Waals surface area (Å²) in [5, 5.41) is 0. The first-order valence-electron chi connectivity index (χ1n) is 14.8. The van der Waals surface area contributed by atoms with Gasteiger partial charge in [0.25, 0.3) is 5.79 Å². The number of piperidine rings is 1. The highest BCUT2D eigenvalue weighted by atomic mass is 16.7. The standard InChI is InChI=1S/C32H43N3O7/c1-19-17-35(18-20(2)39-19)26-10-9-22(16-33-26)25-15-24(29(36)38-8)21(3)27-28(25)41-32(7,40-27)23-11-13-34(14-12-23)30(37)42-31(4,5)6/h9-10,15-16,19-20,23H,11-14,17-18H2,1-8H3/t19-,20+,32?. The van der Waals surface area contributed by atoms with E-state index in [0.29, 0.717) is 54.1 Å². The third-order valence-corrected chi connectivity index (χ3v) is 8.19. The van der Waals surface area contributed by atoms with Gasteiger partial charge >= 0.3 is 12.1 Å². The molecule has 0 saturated carbocycles. The fourth-order valence-electron chi connectivity index (χ4n) is 6.10. The lowest BCUT2D eigenvalue weighted by Gasteiger charge is -2.39. The van der Waals surface area contributed by atoms with Crippen molar-refractivity contribution in [2.24, 2.45) is 5.92 Å². The van der Waals surface area contributed by atoms with Gasteiger partial charge in [0.2, 0.25) is 0 Å². The third kappa shape index (κ3) is 6.00. The second-order valence-electron chi connectivity index (χ2n) is 12.8. The number of likely N-dealkylation sites (tertiary alicyclic amines) is 1. The number of morpholine rings is 1. The first-order chi connectivity index (χ1) is 19.8. The van der Waals surface area contributed by atoms with E-state index in [0.717, 1.165) is 24.5 Å². The lowest BCUT2D eigenvalue weighted by Crippen LogP contribution is -2.50. The molecule has 2 saturated heterocycles. The molecule has 1 aromatic carbocycles. The molecule has 0 aliphatic carbocycles. The van der Waals surface area contributed by atoms with Crippen LogP contribution >= 0.6 is 0 Å². The van der Waals surface area contributed by atoms with Crippen LogP contribution in [0.2, 0.25) is 0 Å². The Hall–Kier alpha value is -3.53. The first kappa shape index (κ1) is 29.9. The molecular formula is C32H43N3O7. The zero-order chi connectivity index (χ0) is 30.4. The molecule has 1 amide bonds. The normalized spacial score (nSPS) is 24.5. The predicted molar refractivity (Wildman–Crippen MR) is 158 cm³/mol. The zero-order valence-electron chi connectivity index (χ0n) is 26.0. The van der Waals surface area contributed by atoms with E-state index in [1.54, 1.807) is 11.0 Å². The van der Waals surface area contributed by atoms with E-state index in [9.17, 15) is 9.59 Å². The van der Waals surface area contributed by atoms with Crippen LogP contribution < -0.4 is 14.4 Å².